The van der Waals surface area contributed by atoms with Gasteiger partial charge in [-0.25, -0.2) is 0 Å². The van der Waals surface area contributed by atoms with Gasteiger partial charge in [0.05, 0.1) is 0 Å². The Morgan fingerprint density at radius 3 is 2.42 bits per heavy atom. The highest BCUT2D eigenvalue weighted by molar-refractivity contribution is 7.86. The Hall–Kier alpha value is -1.69. The molecule has 0 bridgehead atoms. The Labute approximate surface area is 111 Å². The monoisotopic (exact) mass is 275 g/mol. The van der Waals surface area contributed by atoms with Crippen molar-refractivity contribution in [3.8, 4) is 11.1 Å². The molecule has 2 aromatic carbocycles. The van der Waals surface area contributed by atoms with Crippen molar-refractivity contribution < 1.29 is 13.0 Å². The summed E-state index contributed by atoms with van der Waals surface area (Å²) in [6.07, 6.45) is 0. The number of hydrogen-bond donors (Lipinski definition) is 2. The van der Waals surface area contributed by atoms with Gasteiger partial charge in [-0.1, -0.05) is 42.5 Å². The largest absolute Gasteiger partial charge is 0.326 e. The van der Waals surface area contributed by atoms with E-state index in [9.17, 15) is 13.0 Å². The lowest BCUT2D eigenvalue weighted by atomic mass is 10.0. The second-order valence-electron chi connectivity index (χ2n) is 4.56. The third-order valence-electron chi connectivity index (χ3n) is 3.51. The molecule has 0 amide bonds. The first-order chi connectivity index (χ1) is 9.04. The van der Waals surface area contributed by atoms with E-state index in [0.29, 0.717) is 11.1 Å². The maximum Gasteiger partial charge on any atom is 0.276 e. The van der Waals surface area contributed by atoms with Crippen molar-refractivity contribution in [2.45, 2.75) is 11.8 Å². The SMILES string of the molecule is NCc1cccc2c1C(S(=O)(=O)O)c1ccccc1-2. The lowest BCUT2D eigenvalue weighted by Crippen LogP contribution is -2.14. The van der Waals surface area contributed by atoms with Crippen LogP contribution in [0.5, 0.6) is 0 Å². The number of nitrogens with two attached hydrogens (primary N) is 1. The molecule has 3 rings (SSSR count). The summed E-state index contributed by atoms with van der Waals surface area (Å²) in [6, 6.07) is 12.7. The van der Waals surface area contributed by atoms with Crippen LogP contribution < -0.4 is 5.73 Å². The van der Waals surface area contributed by atoms with Gasteiger partial charge in [-0.15, -0.1) is 0 Å². The molecule has 1 atom stereocenters. The molecule has 1 unspecified atom stereocenters. The van der Waals surface area contributed by atoms with Crippen LogP contribution in [0.4, 0.5) is 0 Å². The predicted molar refractivity (Wildman–Crippen MR) is 73.2 cm³/mol. The minimum Gasteiger partial charge on any atom is -0.326 e. The fourth-order valence-corrected chi connectivity index (χ4v) is 3.87. The average molecular weight is 275 g/mol. The van der Waals surface area contributed by atoms with Crippen molar-refractivity contribution in [2.75, 3.05) is 0 Å². The molecule has 2 aromatic rings. The molecule has 3 N–H and O–H groups in total. The maximum absolute atomic E-state index is 11.7. The average Bonchev–Trinajstić information content (AvgIpc) is 2.72. The fraction of sp³-hybridized carbons (Fsp3) is 0.143. The van der Waals surface area contributed by atoms with Gasteiger partial charge in [0.25, 0.3) is 10.1 Å². The second-order valence-corrected chi connectivity index (χ2v) is 6.07. The van der Waals surface area contributed by atoms with E-state index in [1.54, 1.807) is 18.2 Å². The molecule has 0 aliphatic heterocycles. The van der Waals surface area contributed by atoms with E-state index >= 15 is 0 Å². The molecule has 1 aliphatic rings. The number of benzene rings is 2. The standard InChI is InChI=1S/C14H13NO3S/c15-8-9-4-3-7-11-10-5-1-2-6-12(10)14(13(9)11)19(16,17)18/h1-7,14H,8,15H2,(H,16,17,18). The Morgan fingerprint density at radius 2 is 1.74 bits per heavy atom. The molecule has 0 spiro atoms. The highest BCUT2D eigenvalue weighted by Crippen LogP contribution is 2.48. The summed E-state index contributed by atoms with van der Waals surface area (Å²) in [7, 11) is -4.22. The van der Waals surface area contributed by atoms with E-state index in [1.165, 1.54) is 0 Å². The Balaban J connectivity index is 2.41. The van der Waals surface area contributed by atoms with Gasteiger partial charge >= 0.3 is 0 Å². The minimum absolute atomic E-state index is 0.239. The van der Waals surface area contributed by atoms with Crippen LogP contribution in [0.3, 0.4) is 0 Å². The number of fused-ring (bicyclic) bond motifs is 3. The summed E-state index contributed by atoms with van der Waals surface area (Å²) in [5, 5.41) is -1.03. The van der Waals surface area contributed by atoms with Crippen LogP contribution in [0, 0.1) is 0 Å². The van der Waals surface area contributed by atoms with Gasteiger partial charge in [-0.3, -0.25) is 4.55 Å². The van der Waals surface area contributed by atoms with Crippen molar-refractivity contribution >= 4 is 10.1 Å². The van der Waals surface area contributed by atoms with Gasteiger partial charge in [0.2, 0.25) is 0 Å². The van der Waals surface area contributed by atoms with Crippen LogP contribution in [-0.2, 0) is 16.7 Å². The van der Waals surface area contributed by atoms with Gasteiger partial charge in [0, 0.05) is 6.54 Å². The Morgan fingerprint density at radius 1 is 1.05 bits per heavy atom. The molecule has 98 valence electrons. The molecule has 4 nitrogen and oxygen atoms in total. The van der Waals surface area contributed by atoms with Crippen molar-refractivity contribution in [1.82, 2.24) is 0 Å². The van der Waals surface area contributed by atoms with Crippen LogP contribution in [0.1, 0.15) is 21.9 Å². The zero-order valence-corrected chi connectivity index (χ0v) is 10.9. The molecule has 19 heavy (non-hydrogen) atoms. The van der Waals surface area contributed by atoms with Gasteiger partial charge in [0.15, 0.2) is 0 Å². The van der Waals surface area contributed by atoms with Crippen LogP contribution in [0.2, 0.25) is 0 Å². The first-order valence-electron chi connectivity index (χ1n) is 5.91. The first kappa shape index (κ1) is 12.3. The highest BCUT2D eigenvalue weighted by Gasteiger charge is 2.38. The summed E-state index contributed by atoms with van der Waals surface area (Å²) in [5.74, 6) is 0. The third-order valence-corrected chi connectivity index (χ3v) is 4.60. The van der Waals surface area contributed by atoms with Crippen molar-refractivity contribution in [1.29, 1.82) is 0 Å². The Kier molecular flexibility index (Phi) is 2.70. The summed E-state index contributed by atoms with van der Waals surface area (Å²) in [6.45, 7) is 0.239. The van der Waals surface area contributed by atoms with Gasteiger partial charge < -0.3 is 5.73 Å². The van der Waals surface area contributed by atoms with Gasteiger partial charge in [0.1, 0.15) is 5.25 Å². The van der Waals surface area contributed by atoms with Crippen molar-refractivity contribution in [3.63, 3.8) is 0 Å². The lowest BCUT2D eigenvalue weighted by molar-refractivity contribution is 0.475. The fourth-order valence-electron chi connectivity index (χ4n) is 2.77. The molecule has 0 saturated heterocycles. The van der Waals surface area contributed by atoms with Crippen LogP contribution in [-0.4, -0.2) is 13.0 Å². The summed E-state index contributed by atoms with van der Waals surface area (Å²) < 4.78 is 33.0. The topological polar surface area (TPSA) is 80.4 Å². The van der Waals surface area contributed by atoms with E-state index in [-0.39, 0.29) is 6.54 Å². The molecule has 0 aromatic heterocycles. The lowest BCUT2D eigenvalue weighted by Gasteiger charge is -2.13. The van der Waals surface area contributed by atoms with Crippen molar-refractivity contribution in [3.05, 3.63) is 59.2 Å². The minimum atomic E-state index is -4.22. The van der Waals surface area contributed by atoms with E-state index in [4.69, 9.17) is 5.73 Å². The number of hydrogen-bond acceptors (Lipinski definition) is 3. The third kappa shape index (κ3) is 1.78. The predicted octanol–water partition coefficient (Wildman–Crippen LogP) is 2.10. The maximum atomic E-state index is 11.7. The van der Waals surface area contributed by atoms with Crippen LogP contribution in [0.15, 0.2) is 42.5 Å². The van der Waals surface area contributed by atoms with E-state index in [0.717, 1.165) is 16.7 Å². The van der Waals surface area contributed by atoms with Crippen molar-refractivity contribution in [2.24, 2.45) is 5.73 Å². The zero-order valence-electron chi connectivity index (χ0n) is 10.1. The van der Waals surface area contributed by atoms with E-state index in [1.807, 2.05) is 24.3 Å². The van der Waals surface area contributed by atoms with Crippen LogP contribution >= 0.6 is 0 Å². The summed E-state index contributed by atoms with van der Waals surface area (Å²) >= 11 is 0. The summed E-state index contributed by atoms with van der Waals surface area (Å²) in [4.78, 5) is 0. The molecule has 0 radical (unpaired) electrons. The van der Waals surface area contributed by atoms with E-state index < -0.39 is 15.4 Å². The van der Waals surface area contributed by atoms with E-state index in [2.05, 4.69) is 0 Å². The molecule has 0 fully saturated rings. The second kappa shape index (κ2) is 4.16. The molecule has 0 saturated carbocycles. The normalized spacial score (nSPS) is 17.1. The highest BCUT2D eigenvalue weighted by atomic mass is 32.2. The molecule has 5 heteroatoms. The molecule has 1 aliphatic carbocycles. The smallest absolute Gasteiger partial charge is 0.276 e. The quantitative estimate of drug-likeness (QED) is 0.822. The number of rotatable bonds is 2. The summed E-state index contributed by atoms with van der Waals surface area (Å²) in [5.41, 5.74) is 9.33. The van der Waals surface area contributed by atoms with Crippen LogP contribution in [0.25, 0.3) is 11.1 Å². The first-order valence-corrected chi connectivity index (χ1v) is 7.42. The molecular formula is C14H13NO3S. The molecular weight excluding hydrogens is 262 g/mol. The van der Waals surface area contributed by atoms with Gasteiger partial charge in [-0.2, -0.15) is 8.42 Å². The Bertz CT molecular complexity index is 753. The zero-order chi connectivity index (χ0) is 13.6. The molecule has 0 heterocycles. The van der Waals surface area contributed by atoms with Gasteiger partial charge in [-0.05, 0) is 27.8 Å².